The van der Waals surface area contributed by atoms with Crippen LogP contribution in [0.3, 0.4) is 0 Å². The first-order chi connectivity index (χ1) is 11.6. The minimum absolute atomic E-state index is 1.000. The third-order valence-electron chi connectivity index (χ3n) is 4.89. The van der Waals surface area contributed by atoms with Crippen LogP contribution in [0.4, 0.5) is 0 Å². The number of hydrogen-bond acceptors (Lipinski definition) is 2. The van der Waals surface area contributed by atoms with Crippen molar-refractivity contribution < 1.29 is 0 Å². The summed E-state index contributed by atoms with van der Waals surface area (Å²) in [5.74, 6) is 0. The highest BCUT2D eigenvalue weighted by Gasteiger charge is 2.21. The van der Waals surface area contributed by atoms with E-state index in [1.54, 1.807) is 0 Å². The quantitative estimate of drug-likeness (QED) is 0.704. The summed E-state index contributed by atoms with van der Waals surface area (Å²) in [5.41, 5.74) is 7.74. The number of nitrogens with zero attached hydrogens (tertiary/aromatic N) is 3. The topological polar surface area (TPSA) is 21.1 Å². The van der Waals surface area contributed by atoms with E-state index in [0.717, 1.165) is 30.8 Å². The van der Waals surface area contributed by atoms with E-state index in [9.17, 15) is 0 Å². The van der Waals surface area contributed by atoms with Crippen LogP contribution in [0.2, 0.25) is 0 Å². The minimum Gasteiger partial charge on any atom is -0.319 e. The van der Waals surface area contributed by atoms with Gasteiger partial charge < -0.3 is 9.47 Å². The number of pyridine rings is 1. The fourth-order valence-electron chi connectivity index (χ4n) is 3.54. The lowest BCUT2D eigenvalue weighted by Crippen LogP contribution is -2.27. The van der Waals surface area contributed by atoms with Crippen molar-refractivity contribution in [3.05, 3.63) is 64.6 Å². The smallest absolute Gasteiger partial charge is 0.0528 e. The highest BCUT2D eigenvalue weighted by Crippen LogP contribution is 2.31. The zero-order chi connectivity index (χ0) is 16.7. The summed E-state index contributed by atoms with van der Waals surface area (Å²) in [5, 5.41) is 1.41. The second-order valence-electron chi connectivity index (χ2n) is 6.85. The molecule has 1 aliphatic rings. The maximum absolute atomic E-state index is 4.38. The Morgan fingerprint density at radius 1 is 1.12 bits per heavy atom. The average molecular weight is 317 g/mol. The van der Waals surface area contributed by atoms with Crippen LogP contribution in [0.25, 0.3) is 23.2 Å². The molecule has 4 rings (SSSR count). The molecule has 2 aromatic heterocycles. The van der Waals surface area contributed by atoms with Crippen LogP contribution >= 0.6 is 0 Å². The van der Waals surface area contributed by atoms with E-state index in [-0.39, 0.29) is 0 Å². The molecule has 0 amide bonds. The number of rotatable bonds is 2. The molecule has 0 saturated heterocycles. The Labute approximate surface area is 143 Å². The summed E-state index contributed by atoms with van der Waals surface area (Å²) in [6, 6.07) is 11.0. The normalized spacial score (nSPS) is 15.3. The summed E-state index contributed by atoms with van der Waals surface area (Å²) >= 11 is 0. The molecule has 0 spiro atoms. The van der Waals surface area contributed by atoms with Gasteiger partial charge in [0.15, 0.2) is 0 Å². The lowest BCUT2D eigenvalue weighted by Gasteiger charge is -2.23. The van der Waals surface area contributed by atoms with Crippen molar-refractivity contribution in [2.45, 2.75) is 26.8 Å². The number of likely N-dealkylation sites (N-methyl/N-ethyl adjacent to an activating group) is 1. The Balaban J connectivity index is 1.84. The van der Waals surface area contributed by atoms with Crippen LogP contribution in [0.1, 0.15) is 28.1 Å². The van der Waals surface area contributed by atoms with E-state index in [0.29, 0.717) is 0 Å². The first-order valence-corrected chi connectivity index (χ1v) is 8.53. The molecule has 122 valence electrons. The SMILES string of the molecule is Cc1ccc2c(c1)c1c(n2C=Cc2ccc(C)nc2)CN(C)CC1. The second kappa shape index (κ2) is 5.91. The summed E-state index contributed by atoms with van der Waals surface area (Å²) in [7, 11) is 2.20. The van der Waals surface area contributed by atoms with Gasteiger partial charge in [0.1, 0.15) is 0 Å². The Morgan fingerprint density at radius 2 is 2.00 bits per heavy atom. The van der Waals surface area contributed by atoms with Crippen molar-refractivity contribution in [1.82, 2.24) is 14.5 Å². The lowest BCUT2D eigenvalue weighted by atomic mass is 10.0. The molecule has 3 heterocycles. The van der Waals surface area contributed by atoms with E-state index in [4.69, 9.17) is 0 Å². The fourth-order valence-corrected chi connectivity index (χ4v) is 3.54. The number of aryl methyl sites for hydroxylation is 2. The van der Waals surface area contributed by atoms with Crippen LogP contribution in [0.5, 0.6) is 0 Å². The number of benzene rings is 1. The number of aromatic nitrogens is 2. The first-order valence-electron chi connectivity index (χ1n) is 8.53. The van der Waals surface area contributed by atoms with Crippen molar-refractivity contribution in [3.63, 3.8) is 0 Å². The first kappa shape index (κ1) is 15.2. The summed E-state index contributed by atoms with van der Waals surface area (Å²) in [4.78, 5) is 6.78. The highest BCUT2D eigenvalue weighted by atomic mass is 15.1. The van der Waals surface area contributed by atoms with E-state index >= 15 is 0 Å². The van der Waals surface area contributed by atoms with Crippen molar-refractivity contribution in [3.8, 4) is 0 Å². The van der Waals surface area contributed by atoms with Gasteiger partial charge in [-0.2, -0.15) is 0 Å². The Morgan fingerprint density at radius 3 is 2.79 bits per heavy atom. The van der Waals surface area contributed by atoms with Crippen molar-refractivity contribution in [1.29, 1.82) is 0 Å². The summed E-state index contributed by atoms with van der Waals surface area (Å²) in [6.45, 7) is 6.32. The summed E-state index contributed by atoms with van der Waals surface area (Å²) < 4.78 is 2.36. The van der Waals surface area contributed by atoms with Crippen molar-refractivity contribution in [2.75, 3.05) is 13.6 Å². The molecule has 1 aromatic carbocycles. The summed E-state index contributed by atoms with van der Waals surface area (Å²) in [6.07, 6.45) is 7.40. The van der Waals surface area contributed by atoms with Gasteiger partial charge in [-0.05, 0) is 62.7 Å². The third-order valence-corrected chi connectivity index (χ3v) is 4.89. The Bertz CT molecular complexity index is 916. The molecule has 3 heteroatoms. The molecule has 0 bridgehead atoms. The molecule has 0 unspecified atom stereocenters. The van der Waals surface area contributed by atoms with Crippen LogP contribution in [-0.4, -0.2) is 28.0 Å². The molecule has 3 aromatic rings. The van der Waals surface area contributed by atoms with Gasteiger partial charge in [-0.25, -0.2) is 0 Å². The minimum atomic E-state index is 1.000. The predicted molar refractivity (Wildman–Crippen MR) is 101 cm³/mol. The molecule has 0 saturated carbocycles. The molecule has 0 atom stereocenters. The third kappa shape index (κ3) is 2.65. The molecule has 0 radical (unpaired) electrons. The number of hydrogen-bond donors (Lipinski definition) is 0. The molecule has 24 heavy (non-hydrogen) atoms. The van der Waals surface area contributed by atoms with Gasteiger partial charge in [0.25, 0.3) is 0 Å². The van der Waals surface area contributed by atoms with Gasteiger partial charge in [0.2, 0.25) is 0 Å². The number of fused-ring (bicyclic) bond motifs is 3. The maximum Gasteiger partial charge on any atom is 0.0528 e. The van der Waals surface area contributed by atoms with Gasteiger partial charge in [-0.15, -0.1) is 0 Å². The van der Waals surface area contributed by atoms with Gasteiger partial charge in [-0.3, -0.25) is 4.98 Å². The largest absolute Gasteiger partial charge is 0.319 e. The van der Waals surface area contributed by atoms with Crippen LogP contribution in [0.15, 0.2) is 36.5 Å². The zero-order valence-corrected chi connectivity index (χ0v) is 14.6. The van der Waals surface area contributed by atoms with Crippen LogP contribution in [0, 0.1) is 13.8 Å². The molecule has 3 nitrogen and oxygen atoms in total. The second-order valence-corrected chi connectivity index (χ2v) is 6.85. The molecule has 0 aliphatic carbocycles. The molecule has 1 aliphatic heterocycles. The van der Waals surface area contributed by atoms with Crippen LogP contribution in [-0.2, 0) is 13.0 Å². The van der Waals surface area contributed by atoms with Gasteiger partial charge >= 0.3 is 0 Å². The van der Waals surface area contributed by atoms with E-state index in [1.165, 1.54) is 27.7 Å². The fraction of sp³-hybridized carbons (Fsp3) is 0.286. The highest BCUT2D eigenvalue weighted by molar-refractivity contribution is 5.89. The molecule has 0 N–H and O–H groups in total. The van der Waals surface area contributed by atoms with E-state index < -0.39 is 0 Å². The van der Waals surface area contributed by atoms with E-state index in [1.807, 2.05) is 13.1 Å². The average Bonchev–Trinajstić information content (AvgIpc) is 2.86. The van der Waals surface area contributed by atoms with Crippen molar-refractivity contribution >= 4 is 23.2 Å². The maximum atomic E-state index is 4.38. The molecular weight excluding hydrogens is 294 g/mol. The van der Waals surface area contributed by atoms with Crippen molar-refractivity contribution in [2.24, 2.45) is 0 Å². The standard InChI is InChI=1S/C21H23N3/c1-15-4-7-20-19(12-15)18-9-10-23(3)14-21(18)24(20)11-8-17-6-5-16(2)22-13-17/h4-8,11-13H,9-10,14H2,1-3H3. The van der Waals surface area contributed by atoms with Crippen LogP contribution < -0.4 is 0 Å². The van der Waals surface area contributed by atoms with Gasteiger partial charge in [-0.1, -0.05) is 17.7 Å². The Hall–Kier alpha value is -2.39. The monoisotopic (exact) mass is 317 g/mol. The molecule has 0 fully saturated rings. The predicted octanol–water partition coefficient (Wildman–Crippen LogP) is 4.27. The Kier molecular flexibility index (Phi) is 3.73. The van der Waals surface area contributed by atoms with Gasteiger partial charge in [0, 0.05) is 42.3 Å². The van der Waals surface area contributed by atoms with E-state index in [2.05, 4.69) is 71.0 Å². The molecular formula is C21H23N3. The zero-order valence-electron chi connectivity index (χ0n) is 14.6. The lowest BCUT2D eigenvalue weighted by molar-refractivity contribution is 0.308. The van der Waals surface area contributed by atoms with Gasteiger partial charge in [0.05, 0.1) is 5.52 Å².